The second-order valence-electron chi connectivity index (χ2n) is 7.31. The number of amides is 1. The molecule has 0 aliphatic carbocycles. The van der Waals surface area contributed by atoms with Crippen molar-refractivity contribution in [3.8, 4) is 17.6 Å². The molecule has 0 saturated carbocycles. The van der Waals surface area contributed by atoms with E-state index in [-0.39, 0.29) is 34.2 Å². The number of anilines is 1. The molecule has 0 aromatic heterocycles. The Morgan fingerprint density at radius 2 is 1.81 bits per heavy atom. The molecule has 3 rings (SSSR count). The van der Waals surface area contributed by atoms with Gasteiger partial charge in [0.05, 0.1) is 27.2 Å². The van der Waals surface area contributed by atoms with Crippen LogP contribution in [0.2, 0.25) is 15.1 Å². The lowest BCUT2D eigenvalue weighted by atomic mass is 10.1. The first-order chi connectivity index (χ1) is 17.2. The van der Waals surface area contributed by atoms with E-state index in [1.54, 1.807) is 31.2 Å². The highest BCUT2D eigenvalue weighted by Gasteiger charge is 2.16. The van der Waals surface area contributed by atoms with Gasteiger partial charge < -0.3 is 19.9 Å². The first-order valence-electron chi connectivity index (χ1n) is 10.5. The molecule has 0 aliphatic heterocycles. The fourth-order valence-electron chi connectivity index (χ4n) is 3.10. The van der Waals surface area contributed by atoms with Crippen LogP contribution in [-0.2, 0) is 11.4 Å². The van der Waals surface area contributed by atoms with Crippen molar-refractivity contribution in [3.05, 3.63) is 91.9 Å². The molecular weight excluding hydrogens is 527 g/mol. The third-order valence-electron chi connectivity index (χ3n) is 4.74. The van der Waals surface area contributed by atoms with E-state index in [2.05, 4.69) is 5.32 Å². The number of nitrogens with one attached hydrogen (secondary N) is 1. The summed E-state index contributed by atoms with van der Waals surface area (Å²) < 4.78 is 11.5. The molecule has 0 radical (unpaired) electrons. The van der Waals surface area contributed by atoms with Crippen molar-refractivity contribution < 1.29 is 24.2 Å². The van der Waals surface area contributed by atoms with Crippen LogP contribution in [0, 0.1) is 11.3 Å². The molecule has 2 N–H and O–H groups in total. The first kappa shape index (κ1) is 26.9. The number of nitrogens with zero attached hydrogens (tertiary/aromatic N) is 1. The van der Waals surface area contributed by atoms with Crippen LogP contribution < -0.4 is 14.8 Å². The van der Waals surface area contributed by atoms with E-state index < -0.39 is 11.9 Å². The number of rotatable bonds is 9. The zero-order valence-corrected chi connectivity index (χ0v) is 21.1. The molecule has 0 atom stereocenters. The summed E-state index contributed by atoms with van der Waals surface area (Å²) in [6.07, 6.45) is 1.34. The van der Waals surface area contributed by atoms with Gasteiger partial charge in [0.25, 0.3) is 5.91 Å². The van der Waals surface area contributed by atoms with Crippen molar-refractivity contribution in [3.63, 3.8) is 0 Å². The third kappa shape index (κ3) is 6.92. The molecule has 0 unspecified atom stereocenters. The number of hydrogen-bond acceptors (Lipinski definition) is 5. The molecule has 3 aromatic carbocycles. The molecule has 184 valence electrons. The minimum Gasteiger partial charge on any atom is -0.490 e. The summed E-state index contributed by atoms with van der Waals surface area (Å²) in [7, 11) is 0. The van der Waals surface area contributed by atoms with Crippen LogP contribution in [0.15, 0.2) is 60.2 Å². The Balaban J connectivity index is 1.85. The van der Waals surface area contributed by atoms with Crippen LogP contribution in [-0.4, -0.2) is 23.6 Å². The summed E-state index contributed by atoms with van der Waals surface area (Å²) in [5, 5.41) is 22.2. The number of benzene rings is 3. The Labute approximate surface area is 222 Å². The van der Waals surface area contributed by atoms with Gasteiger partial charge >= 0.3 is 5.97 Å². The summed E-state index contributed by atoms with van der Waals surface area (Å²) in [6.45, 7) is 2.25. The van der Waals surface area contributed by atoms with Crippen molar-refractivity contribution in [2.45, 2.75) is 13.5 Å². The van der Waals surface area contributed by atoms with Crippen LogP contribution in [0.5, 0.6) is 11.5 Å². The largest absolute Gasteiger partial charge is 0.490 e. The highest BCUT2D eigenvalue weighted by molar-refractivity contribution is 6.42. The Morgan fingerprint density at radius 1 is 1.03 bits per heavy atom. The SMILES string of the molecule is CCOc1cc(/C=C(/C#N)C(=O)Nc2cccc(C(=O)O)c2)cc(Cl)c1OCc1ccc(Cl)c(Cl)c1. The Morgan fingerprint density at radius 3 is 2.47 bits per heavy atom. The van der Waals surface area contributed by atoms with Crippen LogP contribution in [0.1, 0.15) is 28.4 Å². The van der Waals surface area contributed by atoms with Gasteiger partial charge in [0.1, 0.15) is 18.2 Å². The Bertz CT molecular complexity index is 1380. The first-order valence-corrected chi connectivity index (χ1v) is 11.6. The minimum absolute atomic E-state index is 0.000106. The number of halogens is 3. The molecule has 0 heterocycles. The molecule has 0 bridgehead atoms. The maximum Gasteiger partial charge on any atom is 0.335 e. The van der Waals surface area contributed by atoms with E-state index in [9.17, 15) is 14.9 Å². The molecule has 1 amide bonds. The minimum atomic E-state index is -1.14. The van der Waals surface area contributed by atoms with E-state index in [0.29, 0.717) is 28.0 Å². The zero-order chi connectivity index (χ0) is 26.2. The lowest BCUT2D eigenvalue weighted by molar-refractivity contribution is -0.112. The van der Waals surface area contributed by atoms with E-state index >= 15 is 0 Å². The van der Waals surface area contributed by atoms with Crippen molar-refractivity contribution in [1.29, 1.82) is 5.26 Å². The number of carboxylic acid groups (broad SMARTS) is 1. The van der Waals surface area contributed by atoms with Gasteiger partial charge in [-0.25, -0.2) is 4.79 Å². The van der Waals surface area contributed by atoms with Gasteiger partial charge in [0.15, 0.2) is 11.5 Å². The monoisotopic (exact) mass is 544 g/mol. The highest BCUT2D eigenvalue weighted by atomic mass is 35.5. The lowest BCUT2D eigenvalue weighted by Crippen LogP contribution is -2.14. The lowest BCUT2D eigenvalue weighted by Gasteiger charge is -2.15. The van der Waals surface area contributed by atoms with E-state index in [1.165, 1.54) is 36.4 Å². The summed E-state index contributed by atoms with van der Waals surface area (Å²) in [5.74, 6) is -1.24. The van der Waals surface area contributed by atoms with E-state index in [4.69, 9.17) is 49.4 Å². The molecular formula is C26H19Cl3N2O5. The maximum atomic E-state index is 12.6. The quantitative estimate of drug-likeness (QED) is 0.224. The third-order valence-corrected chi connectivity index (χ3v) is 5.76. The molecule has 7 nitrogen and oxygen atoms in total. The number of carbonyl (C=O) groups is 2. The summed E-state index contributed by atoms with van der Waals surface area (Å²) in [4.78, 5) is 23.8. The van der Waals surface area contributed by atoms with Gasteiger partial charge in [-0.2, -0.15) is 5.26 Å². The fraction of sp³-hybridized carbons (Fsp3) is 0.115. The predicted octanol–water partition coefficient (Wildman–Crippen LogP) is 6.87. The summed E-state index contributed by atoms with van der Waals surface area (Å²) in [6, 6.07) is 15.8. The molecule has 0 aliphatic rings. The topological polar surface area (TPSA) is 109 Å². The van der Waals surface area contributed by atoms with E-state index in [0.717, 1.165) is 5.56 Å². The van der Waals surface area contributed by atoms with E-state index in [1.807, 2.05) is 6.07 Å². The molecule has 0 fully saturated rings. The maximum absolute atomic E-state index is 12.6. The van der Waals surface area contributed by atoms with Crippen LogP contribution >= 0.6 is 34.8 Å². The highest BCUT2D eigenvalue weighted by Crippen LogP contribution is 2.38. The predicted molar refractivity (Wildman–Crippen MR) is 139 cm³/mol. The number of ether oxygens (including phenoxy) is 2. The zero-order valence-electron chi connectivity index (χ0n) is 18.8. The molecule has 10 heteroatoms. The van der Waals surface area contributed by atoms with Crippen LogP contribution in [0.4, 0.5) is 5.69 Å². The average molecular weight is 546 g/mol. The number of aromatic carboxylic acids is 1. The fourth-order valence-corrected chi connectivity index (χ4v) is 3.70. The standard InChI is InChI=1S/C26H19Cl3N2O5/c1-2-35-23-11-16(10-22(29)24(23)36-14-15-6-7-20(27)21(28)9-15)8-18(13-30)25(32)31-19-5-3-4-17(12-19)26(33)34/h3-12H,2,14H2,1H3,(H,31,32)(H,33,34)/b18-8-. The second kappa shape index (κ2) is 12.3. The van der Waals surface area contributed by atoms with Gasteiger partial charge in [-0.05, 0) is 66.6 Å². The number of nitriles is 1. The van der Waals surface area contributed by atoms with Crippen molar-refractivity contribution in [1.82, 2.24) is 0 Å². The van der Waals surface area contributed by atoms with Gasteiger partial charge in [-0.3, -0.25) is 4.79 Å². The number of carboxylic acids is 1. The van der Waals surface area contributed by atoms with Gasteiger partial charge in [-0.1, -0.05) is 46.9 Å². The molecule has 3 aromatic rings. The van der Waals surface area contributed by atoms with Crippen LogP contribution in [0.3, 0.4) is 0 Å². The molecule has 0 saturated heterocycles. The van der Waals surface area contributed by atoms with Gasteiger partial charge in [0.2, 0.25) is 0 Å². The Hall–Kier alpha value is -3.70. The second-order valence-corrected chi connectivity index (χ2v) is 8.53. The normalized spacial score (nSPS) is 10.9. The summed E-state index contributed by atoms with van der Waals surface area (Å²) in [5.41, 5.74) is 1.21. The Kier molecular flexibility index (Phi) is 9.20. The molecule has 36 heavy (non-hydrogen) atoms. The van der Waals surface area contributed by atoms with Gasteiger partial charge in [-0.15, -0.1) is 0 Å². The van der Waals surface area contributed by atoms with Gasteiger partial charge in [0, 0.05) is 5.69 Å². The van der Waals surface area contributed by atoms with Crippen LogP contribution in [0.25, 0.3) is 6.08 Å². The average Bonchev–Trinajstić information content (AvgIpc) is 2.84. The smallest absolute Gasteiger partial charge is 0.335 e. The number of carbonyl (C=O) groups excluding carboxylic acids is 1. The van der Waals surface area contributed by atoms with Crippen molar-refractivity contribution in [2.75, 3.05) is 11.9 Å². The summed E-state index contributed by atoms with van der Waals surface area (Å²) >= 11 is 18.5. The van der Waals surface area contributed by atoms with Crippen molar-refractivity contribution >= 4 is 58.4 Å². The molecule has 0 spiro atoms. The van der Waals surface area contributed by atoms with Crippen molar-refractivity contribution in [2.24, 2.45) is 0 Å². The number of hydrogen-bond donors (Lipinski definition) is 2.